The summed E-state index contributed by atoms with van der Waals surface area (Å²) >= 11 is 0. The molecule has 1 aliphatic rings. The quantitative estimate of drug-likeness (QED) is 0.638. The van der Waals surface area contributed by atoms with E-state index in [9.17, 15) is 5.11 Å². The van der Waals surface area contributed by atoms with E-state index >= 15 is 0 Å². The van der Waals surface area contributed by atoms with Gasteiger partial charge in [-0.15, -0.1) is 0 Å². The summed E-state index contributed by atoms with van der Waals surface area (Å²) in [5.41, 5.74) is 0. The predicted octanol–water partition coefficient (Wildman–Crippen LogP) is 1.52. The summed E-state index contributed by atoms with van der Waals surface area (Å²) in [6.45, 7) is 0. The summed E-state index contributed by atoms with van der Waals surface area (Å²) < 4.78 is 5.15. The fourth-order valence-corrected chi connectivity index (χ4v) is 1.32. The molecule has 1 aromatic rings. The molecule has 0 saturated heterocycles. The standard InChI is InChI=1S/C8H10O2/c9-7-4-3-6(7)8-2-1-5-10-8/h1-2,5-7,9H,3-4H2. The van der Waals surface area contributed by atoms with Gasteiger partial charge in [-0.3, -0.25) is 0 Å². The lowest BCUT2D eigenvalue weighted by Crippen LogP contribution is -2.28. The summed E-state index contributed by atoms with van der Waals surface area (Å²) in [5.74, 6) is 1.20. The van der Waals surface area contributed by atoms with E-state index in [1.54, 1.807) is 6.26 Å². The van der Waals surface area contributed by atoms with Gasteiger partial charge < -0.3 is 9.52 Å². The lowest BCUT2D eigenvalue weighted by atomic mass is 9.80. The maximum absolute atomic E-state index is 9.22. The lowest BCUT2D eigenvalue weighted by Gasteiger charge is -2.30. The van der Waals surface area contributed by atoms with Crippen molar-refractivity contribution in [3.8, 4) is 0 Å². The van der Waals surface area contributed by atoms with Crippen molar-refractivity contribution in [2.75, 3.05) is 0 Å². The number of hydrogen-bond acceptors (Lipinski definition) is 2. The Balaban J connectivity index is 2.14. The van der Waals surface area contributed by atoms with Gasteiger partial charge in [-0.2, -0.15) is 0 Å². The molecule has 0 bridgehead atoms. The highest BCUT2D eigenvalue weighted by Gasteiger charge is 2.31. The van der Waals surface area contributed by atoms with E-state index < -0.39 is 0 Å². The molecule has 2 unspecified atom stereocenters. The molecule has 1 fully saturated rings. The SMILES string of the molecule is OC1CCC1c1ccco1. The highest BCUT2D eigenvalue weighted by atomic mass is 16.3. The van der Waals surface area contributed by atoms with E-state index in [2.05, 4.69) is 0 Å². The first-order chi connectivity index (χ1) is 4.88. The Morgan fingerprint density at radius 3 is 2.80 bits per heavy atom. The van der Waals surface area contributed by atoms with E-state index in [-0.39, 0.29) is 12.0 Å². The molecule has 2 nitrogen and oxygen atoms in total. The fourth-order valence-electron chi connectivity index (χ4n) is 1.32. The van der Waals surface area contributed by atoms with Crippen molar-refractivity contribution in [1.82, 2.24) is 0 Å². The molecule has 0 aromatic carbocycles. The van der Waals surface area contributed by atoms with E-state index in [4.69, 9.17) is 4.42 Å². The van der Waals surface area contributed by atoms with Gasteiger partial charge in [0.1, 0.15) is 5.76 Å². The van der Waals surface area contributed by atoms with Crippen LogP contribution in [0.3, 0.4) is 0 Å². The van der Waals surface area contributed by atoms with Gasteiger partial charge in [0.2, 0.25) is 0 Å². The van der Waals surface area contributed by atoms with Crippen LogP contribution in [0.1, 0.15) is 24.5 Å². The van der Waals surface area contributed by atoms with Crippen LogP contribution in [-0.4, -0.2) is 11.2 Å². The van der Waals surface area contributed by atoms with Gasteiger partial charge in [0, 0.05) is 5.92 Å². The molecular weight excluding hydrogens is 128 g/mol. The van der Waals surface area contributed by atoms with Crippen LogP contribution in [0.25, 0.3) is 0 Å². The molecule has 0 amide bonds. The Kier molecular flexibility index (Phi) is 1.27. The first-order valence-corrected chi connectivity index (χ1v) is 3.59. The summed E-state index contributed by atoms with van der Waals surface area (Å²) in [4.78, 5) is 0. The minimum atomic E-state index is -0.161. The molecule has 2 heteroatoms. The van der Waals surface area contributed by atoms with E-state index in [1.165, 1.54) is 0 Å². The van der Waals surface area contributed by atoms with Crippen LogP contribution in [0.2, 0.25) is 0 Å². The van der Waals surface area contributed by atoms with Crippen LogP contribution in [0.15, 0.2) is 22.8 Å². The Morgan fingerprint density at radius 2 is 2.40 bits per heavy atom. The second-order valence-electron chi connectivity index (χ2n) is 2.77. The van der Waals surface area contributed by atoms with Crippen molar-refractivity contribution in [2.45, 2.75) is 24.9 Å². The van der Waals surface area contributed by atoms with Crippen molar-refractivity contribution in [1.29, 1.82) is 0 Å². The van der Waals surface area contributed by atoms with Crippen LogP contribution in [0.5, 0.6) is 0 Å². The van der Waals surface area contributed by atoms with Crippen LogP contribution < -0.4 is 0 Å². The highest BCUT2D eigenvalue weighted by Crippen LogP contribution is 2.36. The largest absolute Gasteiger partial charge is 0.469 e. The fraction of sp³-hybridized carbons (Fsp3) is 0.500. The molecule has 2 atom stereocenters. The molecule has 1 N–H and O–H groups in total. The molecule has 0 spiro atoms. The third-order valence-electron chi connectivity index (χ3n) is 2.15. The van der Waals surface area contributed by atoms with Gasteiger partial charge in [-0.25, -0.2) is 0 Å². The number of rotatable bonds is 1. The summed E-state index contributed by atoms with van der Waals surface area (Å²) in [6.07, 6.45) is 3.48. The van der Waals surface area contributed by atoms with E-state index in [1.807, 2.05) is 12.1 Å². The van der Waals surface area contributed by atoms with Crippen LogP contribution in [0, 0.1) is 0 Å². The average molecular weight is 138 g/mol. The van der Waals surface area contributed by atoms with Gasteiger partial charge in [0.15, 0.2) is 0 Å². The third kappa shape index (κ3) is 0.762. The van der Waals surface area contributed by atoms with Gasteiger partial charge in [0.05, 0.1) is 12.4 Å². The molecule has 10 heavy (non-hydrogen) atoms. The maximum Gasteiger partial charge on any atom is 0.109 e. The van der Waals surface area contributed by atoms with Crippen molar-refractivity contribution in [3.63, 3.8) is 0 Å². The second kappa shape index (κ2) is 2.13. The number of aliphatic hydroxyl groups excluding tert-OH is 1. The van der Waals surface area contributed by atoms with Gasteiger partial charge >= 0.3 is 0 Å². The third-order valence-corrected chi connectivity index (χ3v) is 2.15. The Hall–Kier alpha value is -0.760. The Morgan fingerprint density at radius 1 is 1.50 bits per heavy atom. The molecule has 1 saturated carbocycles. The molecular formula is C8H10O2. The molecule has 1 heterocycles. The maximum atomic E-state index is 9.22. The number of aliphatic hydroxyl groups is 1. The Labute approximate surface area is 59.5 Å². The van der Waals surface area contributed by atoms with Crippen LogP contribution in [-0.2, 0) is 0 Å². The monoisotopic (exact) mass is 138 g/mol. The first kappa shape index (κ1) is 5.98. The summed E-state index contributed by atoms with van der Waals surface area (Å²) in [5, 5.41) is 9.22. The zero-order valence-corrected chi connectivity index (χ0v) is 5.66. The zero-order valence-electron chi connectivity index (χ0n) is 5.66. The number of hydrogen-bond donors (Lipinski definition) is 1. The van der Waals surface area contributed by atoms with Crippen molar-refractivity contribution in [2.24, 2.45) is 0 Å². The van der Waals surface area contributed by atoms with E-state index in [0.29, 0.717) is 0 Å². The molecule has 1 aromatic heterocycles. The average Bonchev–Trinajstić information content (AvgIpc) is 2.37. The van der Waals surface area contributed by atoms with Crippen molar-refractivity contribution in [3.05, 3.63) is 24.2 Å². The highest BCUT2D eigenvalue weighted by molar-refractivity contribution is 5.11. The topological polar surface area (TPSA) is 33.4 Å². The minimum Gasteiger partial charge on any atom is -0.469 e. The summed E-state index contributed by atoms with van der Waals surface area (Å²) in [6, 6.07) is 3.79. The van der Waals surface area contributed by atoms with Crippen LogP contribution in [0.4, 0.5) is 0 Å². The molecule has 0 aliphatic heterocycles. The smallest absolute Gasteiger partial charge is 0.109 e. The van der Waals surface area contributed by atoms with E-state index in [0.717, 1.165) is 18.6 Å². The van der Waals surface area contributed by atoms with Gasteiger partial charge in [-0.1, -0.05) is 0 Å². The van der Waals surface area contributed by atoms with Crippen molar-refractivity contribution >= 4 is 0 Å². The van der Waals surface area contributed by atoms with Gasteiger partial charge in [0.25, 0.3) is 0 Å². The number of furan rings is 1. The molecule has 54 valence electrons. The lowest BCUT2D eigenvalue weighted by molar-refractivity contribution is 0.0560. The predicted molar refractivity (Wildman–Crippen MR) is 36.7 cm³/mol. The molecule has 2 rings (SSSR count). The second-order valence-corrected chi connectivity index (χ2v) is 2.77. The molecule has 0 radical (unpaired) electrons. The van der Waals surface area contributed by atoms with Crippen LogP contribution >= 0.6 is 0 Å². The minimum absolute atomic E-state index is 0.161. The molecule has 1 aliphatic carbocycles. The summed E-state index contributed by atoms with van der Waals surface area (Å²) in [7, 11) is 0. The zero-order chi connectivity index (χ0) is 6.97. The Bertz CT molecular complexity index is 203. The normalized spacial score (nSPS) is 31.7. The van der Waals surface area contributed by atoms with Gasteiger partial charge in [-0.05, 0) is 25.0 Å². The van der Waals surface area contributed by atoms with Crippen molar-refractivity contribution < 1.29 is 9.52 Å². The first-order valence-electron chi connectivity index (χ1n) is 3.59.